The zero-order chi connectivity index (χ0) is 19.7. The van der Waals surface area contributed by atoms with Crippen LogP contribution in [0.5, 0.6) is 11.6 Å². The number of rotatable bonds is 4. The van der Waals surface area contributed by atoms with Crippen LogP contribution < -0.4 is 4.74 Å². The van der Waals surface area contributed by atoms with Gasteiger partial charge in [-0.25, -0.2) is 14.4 Å². The van der Waals surface area contributed by atoms with Crippen LogP contribution in [0.1, 0.15) is 40.2 Å². The smallest absolute Gasteiger partial charge is 0.275 e. The van der Waals surface area contributed by atoms with E-state index in [0.717, 1.165) is 12.1 Å². The Kier molecular flexibility index (Phi) is 4.77. The second kappa shape index (κ2) is 7.38. The maximum atomic E-state index is 13.1. The number of halogens is 1. The molecular weight excluding hydrogens is 363 g/mol. The van der Waals surface area contributed by atoms with Gasteiger partial charge in [0.1, 0.15) is 23.7 Å². The molecule has 3 aromatic rings. The van der Waals surface area contributed by atoms with Gasteiger partial charge >= 0.3 is 0 Å². The van der Waals surface area contributed by atoms with E-state index >= 15 is 0 Å². The third-order valence-electron chi connectivity index (χ3n) is 4.56. The van der Waals surface area contributed by atoms with E-state index in [2.05, 4.69) is 15.0 Å². The fourth-order valence-electron chi connectivity index (χ4n) is 3.20. The summed E-state index contributed by atoms with van der Waals surface area (Å²) in [5, 5.41) is 0. The summed E-state index contributed by atoms with van der Waals surface area (Å²) < 4.78 is 23.9. The van der Waals surface area contributed by atoms with Crippen molar-refractivity contribution in [3.8, 4) is 11.6 Å². The van der Waals surface area contributed by atoms with Crippen molar-refractivity contribution in [3.63, 3.8) is 0 Å². The van der Waals surface area contributed by atoms with Crippen LogP contribution >= 0.6 is 0 Å². The van der Waals surface area contributed by atoms with Crippen LogP contribution in [0.3, 0.4) is 0 Å². The third kappa shape index (κ3) is 3.85. The minimum Gasteiger partial charge on any atom is -0.448 e. The predicted octanol–water partition coefficient (Wildman–Crippen LogP) is 3.64. The number of amides is 1. The molecule has 4 rings (SSSR count). The van der Waals surface area contributed by atoms with Gasteiger partial charge in [-0.1, -0.05) is 0 Å². The van der Waals surface area contributed by atoms with Gasteiger partial charge in [-0.05, 0) is 37.6 Å². The largest absolute Gasteiger partial charge is 0.448 e. The van der Waals surface area contributed by atoms with E-state index in [1.54, 1.807) is 30.0 Å². The Balaban J connectivity index is 1.49. The van der Waals surface area contributed by atoms with E-state index < -0.39 is 0 Å². The number of carbonyl (C=O) groups excluding carboxylic acids is 1. The second-order valence-electron chi connectivity index (χ2n) is 6.75. The van der Waals surface area contributed by atoms with Gasteiger partial charge in [0.05, 0.1) is 0 Å². The number of aromatic nitrogens is 3. The van der Waals surface area contributed by atoms with Crippen LogP contribution in [0.15, 0.2) is 41.0 Å². The first kappa shape index (κ1) is 18.1. The standard InChI is InChI=1S/C20H19FN4O3/c1-12-9-18(28-16-5-3-15(21)4-6-16)24-19(22-12)14-7-8-25(10-14)20(26)17-11-27-13(2)23-17/h3-6,9,11,14H,7-8,10H2,1-2H3/t14-/m0/s1. The van der Waals surface area contributed by atoms with Gasteiger partial charge in [-0.3, -0.25) is 4.79 Å². The Morgan fingerprint density at radius 3 is 2.71 bits per heavy atom. The number of hydrogen-bond donors (Lipinski definition) is 0. The third-order valence-corrected chi connectivity index (χ3v) is 4.56. The molecule has 28 heavy (non-hydrogen) atoms. The highest BCUT2D eigenvalue weighted by Gasteiger charge is 2.31. The Morgan fingerprint density at radius 1 is 1.21 bits per heavy atom. The summed E-state index contributed by atoms with van der Waals surface area (Å²) in [5.41, 5.74) is 1.07. The lowest BCUT2D eigenvalue weighted by atomic mass is 10.1. The quantitative estimate of drug-likeness (QED) is 0.685. The molecule has 0 saturated carbocycles. The lowest BCUT2D eigenvalue weighted by Crippen LogP contribution is -2.29. The highest BCUT2D eigenvalue weighted by Crippen LogP contribution is 2.28. The van der Waals surface area contributed by atoms with Crippen molar-refractivity contribution in [1.82, 2.24) is 19.9 Å². The number of carbonyl (C=O) groups is 1. The first-order chi connectivity index (χ1) is 13.5. The number of aryl methyl sites for hydroxylation is 2. The molecule has 1 saturated heterocycles. The summed E-state index contributed by atoms with van der Waals surface area (Å²) >= 11 is 0. The average Bonchev–Trinajstić information content (AvgIpc) is 3.32. The van der Waals surface area contributed by atoms with Crippen molar-refractivity contribution in [2.24, 2.45) is 0 Å². The molecule has 0 unspecified atom stereocenters. The molecule has 0 radical (unpaired) electrons. The molecule has 1 aliphatic heterocycles. The lowest BCUT2D eigenvalue weighted by molar-refractivity contribution is 0.0784. The van der Waals surface area contributed by atoms with Crippen molar-refractivity contribution in [2.45, 2.75) is 26.2 Å². The number of ether oxygens (including phenoxy) is 1. The van der Waals surface area contributed by atoms with E-state index in [0.29, 0.717) is 42.1 Å². The van der Waals surface area contributed by atoms with Crippen LogP contribution in [-0.2, 0) is 0 Å². The summed E-state index contributed by atoms with van der Waals surface area (Å²) in [6, 6.07) is 7.47. The Bertz CT molecular complexity index is 1000. The van der Waals surface area contributed by atoms with Crippen molar-refractivity contribution in [3.05, 3.63) is 65.5 Å². The Hall–Kier alpha value is -3.29. The molecule has 1 atom stereocenters. The zero-order valence-corrected chi connectivity index (χ0v) is 15.6. The molecule has 7 nitrogen and oxygen atoms in total. The summed E-state index contributed by atoms with van der Waals surface area (Å²) in [6.07, 6.45) is 2.13. The SMILES string of the molecule is Cc1cc(Oc2ccc(F)cc2)nc([C@H]2CCN(C(=O)c3coc(C)n3)C2)n1. The van der Waals surface area contributed by atoms with E-state index in [1.807, 2.05) is 6.92 Å². The van der Waals surface area contributed by atoms with Crippen LogP contribution in [0.4, 0.5) is 4.39 Å². The molecule has 1 aromatic carbocycles. The van der Waals surface area contributed by atoms with E-state index in [1.165, 1.54) is 18.4 Å². The molecule has 3 heterocycles. The molecule has 1 fully saturated rings. The summed E-state index contributed by atoms with van der Waals surface area (Å²) in [7, 11) is 0. The molecule has 0 spiro atoms. The molecule has 1 amide bonds. The van der Waals surface area contributed by atoms with Gasteiger partial charge in [-0.2, -0.15) is 4.98 Å². The summed E-state index contributed by atoms with van der Waals surface area (Å²) in [5.74, 6) is 1.50. The minimum absolute atomic E-state index is 0.00687. The van der Waals surface area contributed by atoms with Crippen molar-refractivity contribution >= 4 is 5.91 Å². The van der Waals surface area contributed by atoms with Gasteiger partial charge in [0.25, 0.3) is 5.91 Å². The highest BCUT2D eigenvalue weighted by molar-refractivity contribution is 5.92. The van der Waals surface area contributed by atoms with Crippen molar-refractivity contribution in [1.29, 1.82) is 0 Å². The highest BCUT2D eigenvalue weighted by atomic mass is 19.1. The van der Waals surface area contributed by atoms with Gasteiger partial charge in [0, 0.05) is 37.7 Å². The lowest BCUT2D eigenvalue weighted by Gasteiger charge is -2.15. The van der Waals surface area contributed by atoms with Crippen molar-refractivity contribution < 1.29 is 18.3 Å². The molecule has 0 N–H and O–H groups in total. The molecular formula is C20H19FN4O3. The first-order valence-electron chi connectivity index (χ1n) is 8.98. The van der Waals surface area contributed by atoms with Crippen LogP contribution in [-0.4, -0.2) is 38.8 Å². The second-order valence-corrected chi connectivity index (χ2v) is 6.75. The number of hydrogen-bond acceptors (Lipinski definition) is 6. The van der Waals surface area contributed by atoms with Crippen LogP contribution in [0.25, 0.3) is 0 Å². The van der Waals surface area contributed by atoms with Crippen LogP contribution in [0.2, 0.25) is 0 Å². The van der Waals surface area contributed by atoms with Gasteiger partial charge in [-0.15, -0.1) is 0 Å². The Labute approximate surface area is 161 Å². The monoisotopic (exact) mass is 382 g/mol. The molecule has 0 bridgehead atoms. The molecule has 0 aliphatic carbocycles. The van der Waals surface area contributed by atoms with Crippen molar-refractivity contribution in [2.75, 3.05) is 13.1 Å². The number of oxazole rings is 1. The minimum atomic E-state index is -0.329. The summed E-state index contributed by atoms with van der Waals surface area (Å²) in [6.45, 7) is 4.66. The van der Waals surface area contributed by atoms with E-state index in [4.69, 9.17) is 9.15 Å². The molecule has 144 valence electrons. The molecule has 1 aliphatic rings. The normalized spacial score (nSPS) is 16.4. The molecule has 2 aromatic heterocycles. The number of nitrogens with zero attached hydrogens (tertiary/aromatic N) is 4. The van der Waals surface area contributed by atoms with Gasteiger partial charge in [0.2, 0.25) is 5.88 Å². The maximum absolute atomic E-state index is 13.1. The average molecular weight is 382 g/mol. The van der Waals surface area contributed by atoms with Gasteiger partial charge < -0.3 is 14.1 Å². The Morgan fingerprint density at radius 2 is 2.00 bits per heavy atom. The fraction of sp³-hybridized carbons (Fsp3) is 0.300. The first-order valence-corrected chi connectivity index (χ1v) is 8.98. The predicted molar refractivity (Wildman–Crippen MR) is 97.7 cm³/mol. The van der Waals surface area contributed by atoms with E-state index in [9.17, 15) is 9.18 Å². The van der Waals surface area contributed by atoms with Crippen LogP contribution in [0, 0.1) is 19.7 Å². The van der Waals surface area contributed by atoms with E-state index in [-0.39, 0.29) is 17.6 Å². The zero-order valence-electron chi connectivity index (χ0n) is 15.6. The molecule has 8 heteroatoms. The maximum Gasteiger partial charge on any atom is 0.275 e. The topological polar surface area (TPSA) is 81.4 Å². The fourth-order valence-corrected chi connectivity index (χ4v) is 3.20. The number of likely N-dealkylation sites (tertiary alicyclic amines) is 1. The van der Waals surface area contributed by atoms with Gasteiger partial charge in [0.15, 0.2) is 11.6 Å². The summed E-state index contributed by atoms with van der Waals surface area (Å²) in [4.78, 5) is 27.4. The number of benzene rings is 1.